The van der Waals surface area contributed by atoms with Crippen LogP contribution < -0.4 is 14.5 Å². The van der Waals surface area contributed by atoms with E-state index in [0.717, 1.165) is 68.1 Å². The topological polar surface area (TPSA) is 56.3 Å². The highest BCUT2D eigenvalue weighted by Gasteiger charge is 2.25. The number of rotatable bonds is 6. The number of nitrogens with zero attached hydrogens (tertiary/aromatic N) is 4. The number of anilines is 2. The second-order valence-corrected chi connectivity index (χ2v) is 11.3. The molecule has 2 heterocycles. The van der Waals surface area contributed by atoms with Crippen LogP contribution >= 0.6 is 0 Å². The van der Waals surface area contributed by atoms with Gasteiger partial charge in [-0.3, -0.25) is 9.59 Å². The number of fused-ring (bicyclic) bond motifs is 1. The molecule has 1 fully saturated rings. The van der Waals surface area contributed by atoms with Crippen LogP contribution in [-0.2, 0) is 11.3 Å². The Hall–Kier alpha value is -3.06. The van der Waals surface area contributed by atoms with Gasteiger partial charge < -0.3 is 24.3 Å². The second-order valence-electron chi connectivity index (χ2n) is 11.3. The third-order valence-electron chi connectivity index (χ3n) is 7.69. The van der Waals surface area contributed by atoms with Gasteiger partial charge in [-0.15, -0.1) is 0 Å². The quantitative estimate of drug-likeness (QED) is 0.495. The fourth-order valence-corrected chi connectivity index (χ4v) is 5.60. The normalized spacial score (nSPS) is 17.5. The molecule has 0 aliphatic carbocycles. The first-order chi connectivity index (χ1) is 18.9. The van der Waals surface area contributed by atoms with Crippen LogP contribution in [0.1, 0.15) is 68.8 Å². The van der Waals surface area contributed by atoms with Crippen molar-refractivity contribution in [3.05, 3.63) is 53.6 Å². The van der Waals surface area contributed by atoms with Gasteiger partial charge >= 0.3 is 0 Å². The molecule has 39 heavy (non-hydrogen) atoms. The third-order valence-corrected chi connectivity index (χ3v) is 7.69. The molecule has 0 N–H and O–H groups in total. The summed E-state index contributed by atoms with van der Waals surface area (Å²) >= 11 is 0. The summed E-state index contributed by atoms with van der Waals surface area (Å²) in [6.45, 7) is 12.1. The Morgan fingerprint density at radius 1 is 0.872 bits per heavy atom. The van der Waals surface area contributed by atoms with Crippen LogP contribution in [-0.4, -0.2) is 74.5 Å². The standard InChI is InChI=1S/C32H46N4O3/c1-5-39-30-15-14-26(23-29(30)34-17-9-6-10-18-34)32(38)35-21-20-33(4)16-11-19-36(31(37)22-25(2)3)28-13-8-7-12-27(28)24-35/h7-8,12-15,23,25H,5-6,9-11,16-22,24H2,1-4H3. The van der Waals surface area contributed by atoms with Gasteiger partial charge in [-0.05, 0) is 81.9 Å². The molecule has 2 aromatic carbocycles. The highest BCUT2D eigenvalue weighted by Crippen LogP contribution is 2.33. The SMILES string of the molecule is CCOc1ccc(C(=O)N2CCN(C)CCCN(C(=O)CC(C)C)c3ccccc3C2)cc1N1CCCCC1. The molecule has 212 valence electrons. The minimum Gasteiger partial charge on any atom is -0.492 e. The van der Waals surface area contributed by atoms with E-state index >= 15 is 0 Å². The first-order valence-corrected chi connectivity index (χ1v) is 14.7. The molecule has 2 aliphatic rings. The summed E-state index contributed by atoms with van der Waals surface area (Å²) in [4.78, 5) is 35.9. The molecular weight excluding hydrogens is 488 g/mol. The average molecular weight is 535 g/mol. The molecule has 0 radical (unpaired) electrons. The summed E-state index contributed by atoms with van der Waals surface area (Å²) < 4.78 is 5.96. The fraction of sp³-hybridized carbons (Fsp3) is 0.562. The maximum atomic E-state index is 14.1. The maximum absolute atomic E-state index is 14.1. The predicted octanol–water partition coefficient (Wildman–Crippen LogP) is 5.43. The van der Waals surface area contributed by atoms with E-state index in [4.69, 9.17) is 4.74 Å². The van der Waals surface area contributed by atoms with Gasteiger partial charge in [0, 0.05) is 56.9 Å². The largest absolute Gasteiger partial charge is 0.492 e. The molecule has 2 aromatic rings. The van der Waals surface area contributed by atoms with Crippen molar-refractivity contribution >= 4 is 23.2 Å². The summed E-state index contributed by atoms with van der Waals surface area (Å²) in [6, 6.07) is 14.0. The van der Waals surface area contributed by atoms with Crippen molar-refractivity contribution in [3.8, 4) is 5.75 Å². The van der Waals surface area contributed by atoms with Gasteiger partial charge in [-0.25, -0.2) is 0 Å². The number of carbonyl (C=O) groups excluding carboxylic acids is 2. The molecule has 7 heteroatoms. The summed E-state index contributed by atoms with van der Waals surface area (Å²) in [5.74, 6) is 1.30. The number of ether oxygens (including phenoxy) is 1. The number of likely N-dealkylation sites (N-methyl/N-ethyl adjacent to an activating group) is 1. The van der Waals surface area contributed by atoms with Gasteiger partial charge in [0.2, 0.25) is 5.91 Å². The number of para-hydroxylation sites is 1. The van der Waals surface area contributed by atoms with E-state index < -0.39 is 0 Å². The Morgan fingerprint density at radius 2 is 1.64 bits per heavy atom. The smallest absolute Gasteiger partial charge is 0.254 e. The van der Waals surface area contributed by atoms with Gasteiger partial charge in [-0.2, -0.15) is 0 Å². The molecule has 1 saturated heterocycles. The fourth-order valence-electron chi connectivity index (χ4n) is 5.60. The molecule has 0 bridgehead atoms. The number of piperidine rings is 1. The van der Waals surface area contributed by atoms with Crippen LogP contribution in [0.25, 0.3) is 0 Å². The summed E-state index contributed by atoms with van der Waals surface area (Å²) in [7, 11) is 2.10. The van der Waals surface area contributed by atoms with Crippen LogP contribution in [0, 0.1) is 5.92 Å². The van der Waals surface area contributed by atoms with Crippen LogP contribution in [0.4, 0.5) is 11.4 Å². The van der Waals surface area contributed by atoms with Crippen LogP contribution in [0.2, 0.25) is 0 Å². The van der Waals surface area contributed by atoms with Gasteiger partial charge in [-0.1, -0.05) is 32.0 Å². The lowest BCUT2D eigenvalue weighted by molar-refractivity contribution is -0.119. The predicted molar refractivity (Wildman–Crippen MR) is 159 cm³/mol. The molecule has 0 spiro atoms. The van der Waals surface area contributed by atoms with Gasteiger partial charge in [0.1, 0.15) is 5.75 Å². The maximum Gasteiger partial charge on any atom is 0.254 e. The zero-order valence-electron chi connectivity index (χ0n) is 24.3. The molecule has 7 nitrogen and oxygen atoms in total. The number of hydrogen-bond acceptors (Lipinski definition) is 5. The van der Waals surface area contributed by atoms with Gasteiger partial charge in [0.15, 0.2) is 0 Å². The van der Waals surface area contributed by atoms with Crippen molar-refractivity contribution in [2.45, 2.75) is 59.4 Å². The van der Waals surface area contributed by atoms with Crippen molar-refractivity contribution in [1.82, 2.24) is 9.80 Å². The summed E-state index contributed by atoms with van der Waals surface area (Å²) in [5.41, 5.74) is 3.63. The number of carbonyl (C=O) groups is 2. The Morgan fingerprint density at radius 3 is 2.38 bits per heavy atom. The first kappa shape index (κ1) is 28.9. The Labute approximate surface area is 234 Å². The van der Waals surface area contributed by atoms with Crippen LogP contribution in [0.3, 0.4) is 0 Å². The van der Waals surface area contributed by atoms with E-state index in [9.17, 15) is 9.59 Å². The van der Waals surface area contributed by atoms with Crippen molar-refractivity contribution in [1.29, 1.82) is 0 Å². The van der Waals surface area contributed by atoms with E-state index in [0.29, 0.717) is 38.2 Å². The van der Waals surface area contributed by atoms with Gasteiger partial charge in [0.25, 0.3) is 5.91 Å². The second kappa shape index (κ2) is 13.8. The molecular formula is C32H46N4O3. The van der Waals surface area contributed by atoms with E-state index in [-0.39, 0.29) is 17.7 Å². The van der Waals surface area contributed by atoms with Crippen LogP contribution in [0.15, 0.2) is 42.5 Å². The monoisotopic (exact) mass is 534 g/mol. The van der Waals surface area contributed by atoms with E-state index in [1.54, 1.807) is 0 Å². The molecule has 0 aromatic heterocycles. The van der Waals surface area contributed by atoms with Crippen molar-refractivity contribution < 1.29 is 14.3 Å². The minimum absolute atomic E-state index is 0.0128. The Balaban J connectivity index is 1.67. The average Bonchev–Trinajstić information content (AvgIpc) is 2.96. The highest BCUT2D eigenvalue weighted by molar-refractivity contribution is 5.96. The van der Waals surface area contributed by atoms with Crippen molar-refractivity contribution in [3.63, 3.8) is 0 Å². The highest BCUT2D eigenvalue weighted by atomic mass is 16.5. The van der Waals surface area contributed by atoms with Crippen molar-refractivity contribution in [2.75, 3.05) is 62.7 Å². The van der Waals surface area contributed by atoms with E-state index in [1.165, 1.54) is 6.42 Å². The first-order valence-electron chi connectivity index (χ1n) is 14.7. The molecule has 4 rings (SSSR count). The summed E-state index contributed by atoms with van der Waals surface area (Å²) in [5, 5.41) is 0. The molecule has 0 atom stereocenters. The molecule has 2 amide bonds. The minimum atomic E-state index is 0.0128. The van der Waals surface area contributed by atoms with E-state index in [2.05, 4.69) is 36.8 Å². The van der Waals surface area contributed by atoms with E-state index in [1.807, 2.05) is 53.1 Å². The third kappa shape index (κ3) is 7.53. The zero-order chi connectivity index (χ0) is 27.8. The van der Waals surface area contributed by atoms with Crippen LogP contribution in [0.5, 0.6) is 5.75 Å². The number of hydrogen-bond donors (Lipinski definition) is 0. The Kier molecular flexibility index (Phi) is 10.3. The lowest BCUT2D eigenvalue weighted by Crippen LogP contribution is -2.37. The molecule has 0 saturated carbocycles. The van der Waals surface area contributed by atoms with Crippen molar-refractivity contribution in [2.24, 2.45) is 5.92 Å². The number of benzene rings is 2. The zero-order valence-corrected chi connectivity index (χ0v) is 24.3. The number of amides is 2. The lowest BCUT2D eigenvalue weighted by Gasteiger charge is -2.31. The summed E-state index contributed by atoms with van der Waals surface area (Å²) in [6.07, 6.45) is 4.96. The van der Waals surface area contributed by atoms with Gasteiger partial charge in [0.05, 0.1) is 12.3 Å². The molecule has 0 unspecified atom stereocenters. The molecule has 2 aliphatic heterocycles. The Bertz CT molecular complexity index is 1110. The lowest BCUT2D eigenvalue weighted by atomic mass is 10.1.